The Morgan fingerprint density at radius 2 is 2.12 bits per heavy atom. The topological polar surface area (TPSA) is 127 Å². The number of aromatic nitrogens is 1. The van der Waals surface area contributed by atoms with Crippen molar-refractivity contribution in [2.75, 3.05) is 11.4 Å². The smallest absolute Gasteiger partial charge is 0.355 e. The molecule has 4 rings (SSSR count). The Morgan fingerprint density at radius 1 is 1.36 bits per heavy atom. The third-order valence-electron chi connectivity index (χ3n) is 6.01. The first-order valence-electron chi connectivity index (χ1n) is 10.5. The van der Waals surface area contributed by atoms with E-state index in [0.717, 1.165) is 23.8 Å². The number of hydrogen-bond acceptors (Lipinski definition) is 7. The summed E-state index contributed by atoms with van der Waals surface area (Å²) in [6.45, 7) is 2.27. The highest BCUT2D eigenvalue weighted by molar-refractivity contribution is 6.00. The summed E-state index contributed by atoms with van der Waals surface area (Å²) in [5.74, 6) is -4.82. The molecule has 1 aliphatic carbocycles. The molecule has 0 saturated heterocycles. The lowest BCUT2D eigenvalue weighted by Gasteiger charge is -2.33. The molecule has 3 aromatic rings. The fourth-order valence-electron chi connectivity index (χ4n) is 4.47. The molecule has 2 atom stereocenters. The molecule has 1 unspecified atom stereocenters. The predicted octanol–water partition coefficient (Wildman–Crippen LogP) is 3.54. The number of hydrogen-bond donors (Lipinski definition) is 1. The van der Waals surface area contributed by atoms with E-state index in [2.05, 4.69) is 5.16 Å². The number of carbonyl (C=O) groups excluding carboxylic acids is 1. The molecular formula is C23H22FN3O6. The summed E-state index contributed by atoms with van der Waals surface area (Å²) in [5, 5.41) is 25.9. The fraction of sp³-hybridized carbons (Fsp3) is 0.348. The highest BCUT2D eigenvalue weighted by atomic mass is 19.2. The molecule has 0 radical (unpaired) electrons. The Balaban J connectivity index is 1.83. The van der Waals surface area contributed by atoms with Crippen molar-refractivity contribution in [3.8, 4) is 0 Å². The minimum absolute atomic E-state index is 0.0484. The number of aliphatic hydroxyl groups is 1. The molecule has 9 nitrogen and oxygen atoms in total. The molecule has 10 heteroatoms. The molecule has 0 saturated carbocycles. The third-order valence-corrected chi connectivity index (χ3v) is 6.01. The Morgan fingerprint density at radius 3 is 2.82 bits per heavy atom. The van der Waals surface area contributed by atoms with Gasteiger partial charge in [0.15, 0.2) is 0 Å². The van der Waals surface area contributed by atoms with Crippen molar-refractivity contribution in [1.29, 1.82) is 0 Å². The summed E-state index contributed by atoms with van der Waals surface area (Å²) in [5.41, 5.74) is 1.25. The SMILES string of the molecule is Cc1noc(=O)c2ccc(N(CC3CCCc4cccc([N+](=O)[O-])c43)C(=O)[C@@](C)(O)F)cc12. The van der Waals surface area contributed by atoms with Gasteiger partial charge in [0, 0.05) is 42.1 Å². The van der Waals surface area contributed by atoms with E-state index in [-0.39, 0.29) is 23.3 Å². The molecule has 0 bridgehead atoms. The number of halogens is 1. The Labute approximate surface area is 187 Å². The number of fused-ring (bicyclic) bond motifs is 2. The van der Waals surface area contributed by atoms with Crippen LogP contribution in [0.25, 0.3) is 10.8 Å². The van der Waals surface area contributed by atoms with Crippen LogP contribution in [0.3, 0.4) is 0 Å². The van der Waals surface area contributed by atoms with E-state index in [4.69, 9.17) is 4.52 Å². The lowest BCUT2D eigenvalue weighted by molar-refractivity contribution is -0.385. The van der Waals surface area contributed by atoms with Crippen LogP contribution in [0.2, 0.25) is 0 Å². The standard InChI is InChI=1S/C23H22FN3O6/c1-13-18-11-16(9-10-17(18)21(28)33-25-13)26(22(29)23(2,24)30)12-15-7-3-5-14-6-4-8-19(20(14)15)27(31)32/h4,6,8-11,15,30H,3,5,7,12H2,1-2H3/t15?,23-/m1/s1. The van der Waals surface area contributed by atoms with Crippen LogP contribution < -0.4 is 10.5 Å². The summed E-state index contributed by atoms with van der Waals surface area (Å²) in [7, 11) is 0. The number of carbonyl (C=O) groups is 1. The average molecular weight is 455 g/mol. The third kappa shape index (κ3) is 4.21. The summed E-state index contributed by atoms with van der Waals surface area (Å²) < 4.78 is 19.1. The molecule has 1 N–H and O–H groups in total. The lowest BCUT2D eigenvalue weighted by atomic mass is 9.81. The van der Waals surface area contributed by atoms with E-state index in [1.165, 1.54) is 24.3 Å². The van der Waals surface area contributed by atoms with E-state index in [1.54, 1.807) is 13.0 Å². The fourth-order valence-corrected chi connectivity index (χ4v) is 4.47. The first-order valence-corrected chi connectivity index (χ1v) is 10.5. The Bertz CT molecular complexity index is 1310. The Kier molecular flexibility index (Phi) is 5.71. The molecule has 1 aliphatic rings. The number of amides is 1. The largest absolute Gasteiger partial charge is 0.366 e. The monoisotopic (exact) mass is 455 g/mol. The van der Waals surface area contributed by atoms with Gasteiger partial charge in [-0.05, 0) is 49.9 Å². The van der Waals surface area contributed by atoms with Crippen molar-refractivity contribution in [2.45, 2.75) is 44.9 Å². The quantitative estimate of drug-likeness (QED) is 0.460. The van der Waals surface area contributed by atoms with Crippen LogP contribution in [0.5, 0.6) is 0 Å². The van der Waals surface area contributed by atoms with E-state index in [9.17, 15) is 29.2 Å². The number of benzene rings is 2. The maximum Gasteiger partial charge on any atom is 0.366 e. The number of nitro groups is 1. The van der Waals surface area contributed by atoms with Crippen molar-refractivity contribution < 1.29 is 23.7 Å². The summed E-state index contributed by atoms with van der Waals surface area (Å²) >= 11 is 0. The van der Waals surface area contributed by atoms with Crippen molar-refractivity contribution in [2.24, 2.45) is 0 Å². The number of aryl methyl sites for hydroxylation is 2. The zero-order chi connectivity index (χ0) is 23.9. The second-order valence-electron chi connectivity index (χ2n) is 8.35. The number of nitro benzene ring substituents is 1. The molecule has 172 valence electrons. The van der Waals surface area contributed by atoms with Crippen LogP contribution in [-0.2, 0) is 11.2 Å². The zero-order valence-electron chi connectivity index (χ0n) is 18.1. The van der Waals surface area contributed by atoms with Crippen molar-refractivity contribution in [3.63, 3.8) is 0 Å². The lowest BCUT2D eigenvalue weighted by Crippen LogP contribution is -2.46. The van der Waals surface area contributed by atoms with Crippen LogP contribution >= 0.6 is 0 Å². The minimum Gasteiger partial charge on any atom is -0.355 e. The van der Waals surface area contributed by atoms with Gasteiger partial charge in [0.05, 0.1) is 16.0 Å². The summed E-state index contributed by atoms with van der Waals surface area (Å²) in [6, 6.07) is 9.25. The highest BCUT2D eigenvalue weighted by Crippen LogP contribution is 2.39. The van der Waals surface area contributed by atoms with Crippen LogP contribution in [0, 0.1) is 17.0 Å². The first-order chi connectivity index (χ1) is 15.6. The average Bonchev–Trinajstić information content (AvgIpc) is 2.78. The van der Waals surface area contributed by atoms with Gasteiger partial charge in [-0.1, -0.05) is 17.3 Å². The molecule has 0 fully saturated rings. The van der Waals surface area contributed by atoms with Gasteiger partial charge in [0.25, 0.3) is 17.4 Å². The van der Waals surface area contributed by atoms with E-state index in [0.29, 0.717) is 29.5 Å². The second-order valence-corrected chi connectivity index (χ2v) is 8.35. The van der Waals surface area contributed by atoms with Gasteiger partial charge in [-0.15, -0.1) is 0 Å². The van der Waals surface area contributed by atoms with Gasteiger partial charge in [-0.3, -0.25) is 14.9 Å². The van der Waals surface area contributed by atoms with Crippen LogP contribution in [0.15, 0.2) is 45.7 Å². The van der Waals surface area contributed by atoms with Gasteiger partial charge in [0.2, 0.25) is 0 Å². The van der Waals surface area contributed by atoms with Crippen molar-refractivity contribution >= 4 is 28.1 Å². The number of rotatable bonds is 5. The Hall–Kier alpha value is -3.66. The minimum atomic E-state index is -3.17. The van der Waals surface area contributed by atoms with Crippen LogP contribution in [0.4, 0.5) is 15.8 Å². The molecule has 33 heavy (non-hydrogen) atoms. The van der Waals surface area contributed by atoms with Gasteiger partial charge >= 0.3 is 5.63 Å². The molecule has 0 spiro atoms. The number of alkyl halides is 1. The van der Waals surface area contributed by atoms with Crippen LogP contribution in [0.1, 0.15) is 42.5 Å². The van der Waals surface area contributed by atoms with Gasteiger partial charge in [0.1, 0.15) is 0 Å². The van der Waals surface area contributed by atoms with Gasteiger partial charge in [-0.2, -0.15) is 0 Å². The number of nitrogens with zero attached hydrogens (tertiary/aromatic N) is 3. The second kappa shape index (κ2) is 8.36. The van der Waals surface area contributed by atoms with Gasteiger partial charge in [-0.25, -0.2) is 9.18 Å². The summed E-state index contributed by atoms with van der Waals surface area (Å²) in [6.07, 6.45) is 1.96. The molecule has 2 aromatic carbocycles. The maximum atomic E-state index is 14.4. The van der Waals surface area contributed by atoms with E-state index in [1.807, 2.05) is 6.07 Å². The molecule has 0 aliphatic heterocycles. The molecule has 1 amide bonds. The van der Waals surface area contributed by atoms with Gasteiger partial charge < -0.3 is 14.5 Å². The molecular weight excluding hydrogens is 433 g/mol. The highest BCUT2D eigenvalue weighted by Gasteiger charge is 2.38. The number of anilines is 1. The van der Waals surface area contributed by atoms with Crippen molar-refractivity contribution in [3.05, 3.63) is 73.8 Å². The van der Waals surface area contributed by atoms with Crippen LogP contribution in [-0.4, -0.2) is 33.5 Å². The van der Waals surface area contributed by atoms with Crippen molar-refractivity contribution in [1.82, 2.24) is 5.16 Å². The normalized spacial score (nSPS) is 17.3. The van der Waals surface area contributed by atoms with E-state index >= 15 is 0 Å². The molecule has 1 aromatic heterocycles. The maximum absolute atomic E-state index is 14.4. The summed E-state index contributed by atoms with van der Waals surface area (Å²) in [4.78, 5) is 37.2. The van der Waals surface area contributed by atoms with E-state index < -0.39 is 28.2 Å². The molecule has 1 heterocycles. The first kappa shape index (κ1) is 22.5. The predicted molar refractivity (Wildman–Crippen MR) is 118 cm³/mol. The zero-order valence-corrected chi connectivity index (χ0v) is 18.1.